The van der Waals surface area contributed by atoms with E-state index in [1.54, 1.807) is 0 Å². The Morgan fingerprint density at radius 1 is 1.09 bits per heavy atom. The van der Waals surface area contributed by atoms with Gasteiger partial charge < -0.3 is 5.11 Å². The second-order valence-electron chi connectivity index (χ2n) is 5.92. The summed E-state index contributed by atoms with van der Waals surface area (Å²) >= 11 is 0. The number of benzene rings is 1. The topological polar surface area (TPSA) is 104 Å². The van der Waals surface area contributed by atoms with Crippen molar-refractivity contribution in [3.8, 4) is 5.75 Å². The van der Waals surface area contributed by atoms with Crippen LogP contribution in [0.25, 0.3) is 0 Å². The smallest absolute Gasteiger partial charge is 0.271 e. The number of imide groups is 1. The molecule has 3 aliphatic rings. The molecule has 2 aliphatic carbocycles. The van der Waals surface area contributed by atoms with Gasteiger partial charge in [0.1, 0.15) is 0 Å². The van der Waals surface area contributed by atoms with Crippen molar-refractivity contribution in [2.24, 2.45) is 23.7 Å². The van der Waals surface area contributed by atoms with E-state index in [1.807, 2.05) is 12.2 Å². The molecule has 0 unspecified atom stereocenters. The lowest BCUT2D eigenvalue weighted by Crippen LogP contribution is -2.33. The van der Waals surface area contributed by atoms with Gasteiger partial charge in [0, 0.05) is 12.1 Å². The highest BCUT2D eigenvalue weighted by Crippen LogP contribution is 2.53. The van der Waals surface area contributed by atoms with E-state index >= 15 is 0 Å². The second kappa shape index (κ2) is 4.16. The zero-order valence-electron chi connectivity index (χ0n) is 11.3. The molecule has 1 saturated carbocycles. The van der Waals surface area contributed by atoms with Gasteiger partial charge in [-0.1, -0.05) is 24.0 Å². The van der Waals surface area contributed by atoms with Gasteiger partial charge in [-0.2, -0.15) is 0 Å². The van der Waals surface area contributed by atoms with E-state index in [9.17, 15) is 24.8 Å². The average molecular weight is 299 g/mol. The Bertz CT molecular complexity index is 726. The lowest BCUT2D eigenvalue weighted by atomic mass is 9.85. The summed E-state index contributed by atoms with van der Waals surface area (Å²) in [7, 11) is 0. The number of allylic oxidation sites excluding steroid dienone is 2. The first-order chi connectivity index (χ1) is 10.5. The number of hydrogen-bond donors (Lipinski definition) is 0. The third-order valence-corrected chi connectivity index (χ3v) is 4.86. The molecule has 1 saturated heterocycles. The lowest BCUT2D eigenvalue weighted by molar-refractivity contribution is -0.385. The maximum Gasteiger partial charge on any atom is 0.271 e. The Balaban J connectivity index is 1.79. The summed E-state index contributed by atoms with van der Waals surface area (Å²) in [6, 6.07) is 3.10. The molecular weight excluding hydrogens is 288 g/mol. The molecule has 2 amide bonds. The zero-order valence-corrected chi connectivity index (χ0v) is 11.3. The second-order valence-corrected chi connectivity index (χ2v) is 5.92. The number of nitro groups is 1. The summed E-state index contributed by atoms with van der Waals surface area (Å²) in [5, 5.41) is 22.8. The molecule has 0 aromatic heterocycles. The van der Waals surface area contributed by atoms with Crippen LogP contribution in [0.5, 0.6) is 5.75 Å². The van der Waals surface area contributed by atoms with Crippen LogP contribution < -0.4 is 10.0 Å². The number of amides is 2. The van der Waals surface area contributed by atoms with Crippen LogP contribution in [-0.2, 0) is 9.59 Å². The van der Waals surface area contributed by atoms with Crippen molar-refractivity contribution in [2.75, 3.05) is 4.90 Å². The third kappa shape index (κ3) is 1.50. The fourth-order valence-corrected chi connectivity index (χ4v) is 3.93. The first-order valence-corrected chi connectivity index (χ1v) is 7.00. The molecule has 2 fully saturated rings. The molecule has 7 nitrogen and oxygen atoms in total. The predicted molar refractivity (Wildman–Crippen MR) is 72.8 cm³/mol. The largest absolute Gasteiger partial charge is 0.871 e. The first kappa shape index (κ1) is 13.0. The van der Waals surface area contributed by atoms with Gasteiger partial charge in [0.05, 0.1) is 22.4 Å². The van der Waals surface area contributed by atoms with Gasteiger partial charge in [-0.3, -0.25) is 24.6 Å². The number of rotatable bonds is 2. The van der Waals surface area contributed by atoms with Gasteiger partial charge in [-0.25, -0.2) is 0 Å². The van der Waals surface area contributed by atoms with E-state index < -0.39 is 34.3 Å². The van der Waals surface area contributed by atoms with Gasteiger partial charge in [0.15, 0.2) is 0 Å². The van der Waals surface area contributed by atoms with Gasteiger partial charge in [-0.05, 0) is 18.3 Å². The number of non-ortho nitro benzene ring substituents is 1. The number of carbonyl (C=O) groups is 2. The SMILES string of the molecule is O=C1[C@@H]2[C@H](C(=O)N1c1cc([N+](=O)[O-])ccc1[O-])[C@@H]1C=C[C@H]2C1. The zero-order chi connectivity index (χ0) is 15.6. The maximum atomic E-state index is 12.6. The number of carbonyl (C=O) groups excluding carboxylic acids is 2. The minimum atomic E-state index is -0.653. The van der Waals surface area contributed by atoms with Crippen molar-refractivity contribution in [2.45, 2.75) is 6.42 Å². The van der Waals surface area contributed by atoms with E-state index in [1.165, 1.54) is 0 Å². The van der Waals surface area contributed by atoms with Crippen LogP contribution in [0.1, 0.15) is 6.42 Å². The summed E-state index contributed by atoms with van der Waals surface area (Å²) in [6.45, 7) is 0. The van der Waals surface area contributed by atoms with E-state index in [0.29, 0.717) is 0 Å². The minimum Gasteiger partial charge on any atom is -0.871 e. The molecule has 7 heteroatoms. The summed E-state index contributed by atoms with van der Waals surface area (Å²) in [4.78, 5) is 36.2. The van der Waals surface area contributed by atoms with Crippen molar-refractivity contribution >= 4 is 23.2 Å². The van der Waals surface area contributed by atoms with Crippen LogP contribution in [-0.4, -0.2) is 16.7 Å². The monoisotopic (exact) mass is 299 g/mol. The maximum absolute atomic E-state index is 12.6. The third-order valence-electron chi connectivity index (χ3n) is 4.86. The summed E-state index contributed by atoms with van der Waals surface area (Å²) in [5.74, 6) is -2.18. The van der Waals surface area contributed by atoms with Crippen LogP contribution >= 0.6 is 0 Å². The van der Waals surface area contributed by atoms with Crippen molar-refractivity contribution in [3.05, 3.63) is 40.5 Å². The fraction of sp³-hybridized carbons (Fsp3) is 0.333. The number of anilines is 1. The molecule has 4 rings (SSSR count). The van der Waals surface area contributed by atoms with Gasteiger partial charge in [-0.15, -0.1) is 0 Å². The summed E-state index contributed by atoms with van der Waals surface area (Å²) in [5.41, 5.74) is -0.522. The molecule has 1 heterocycles. The Labute approximate surface area is 125 Å². The van der Waals surface area contributed by atoms with E-state index in [2.05, 4.69) is 0 Å². The number of hydrogen-bond acceptors (Lipinski definition) is 5. The van der Waals surface area contributed by atoms with Crippen LogP contribution in [0.4, 0.5) is 11.4 Å². The molecular formula is C15H11N2O5-. The van der Waals surface area contributed by atoms with E-state index in [0.717, 1.165) is 29.5 Å². The number of nitrogens with zero attached hydrogens (tertiary/aromatic N) is 2. The fourth-order valence-electron chi connectivity index (χ4n) is 3.93. The molecule has 1 aromatic rings. The predicted octanol–water partition coefficient (Wildman–Crippen LogP) is 0.980. The lowest BCUT2D eigenvalue weighted by Gasteiger charge is -2.22. The van der Waals surface area contributed by atoms with E-state index in [-0.39, 0.29) is 23.2 Å². The van der Waals surface area contributed by atoms with Crippen LogP contribution in [0.15, 0.2) is 30.4 Å². The highest BCUT2D eigenvalue weighted by atomic mass is 16.6. The molecule has 112 valence electrons. The Morgan fingerprint density at radius 2 is 1.68 bits per heavy atom. The van der Waals surface area contributed by atoms with Crippen molar-refractivity contribution < 1.29 is 19.6 Å². The van der Waals surface area contributed by atoms with Crippen LogP contribution in [0.3, 0.4) is 0 Å². The van der Waals surface area contributed by atoms with Crippen molar-refractivity contribution in [1.82, 2.24) is 0 Å². The van der Waals surface area contributed by atoms with Gasteiger partial charge in [0.2, 0.25) is 11.8 Å². The highest BCUT2D eigenvalue weighted by Gasteiger charge is 2.59. The van der Waals surface area contributed by atoms with Crippen LogP contribution in [0.2, 0.25) is 0 Å². The molecule has 1 aromatic carbocycles. The average Bonchev–Trinajstić information content (AvgIpc) is 3.14. The van der Waals surface area contributed by atoms with Crippen molar-refractivity contribution in [1.29, 1.82) is 0 Å². The molecule has 4 atom stereocenters. The molecule has 0 radical (unpaired) electrons. The van der Waals surface area contributed by atoms with E-state index in [4.69, 9.17) is 0 Å². The van der Waals surface area contributed by atoms with Gasteiger partial charge in [0.25, 0.3) is 5.69 Å². The van der Waals surface area contributed by atoms with Crippen LogP contribution in [0, 0.1) is 33.8 Å². The molecule has 2 bridgehead atoms. The number of nitro benzene ring substituents is 1. The number of fused-ring (bicyclic) bond motifs is 5. The Kier molecular flexibility index (Phi) is 2.46. The molecule has 0 spiro atoms. The quantitative estimate of drug-likeness (QED) is 0.350. The standard InChI is InChI=1S/C15H12N2O5/c18-11-4-3-9(17(21)22)6-10(11)16-14(19)12-7-1-2-8(5-7)13(12)15(16)20/h1-4,6-8,12-13,18H,5H2/p-1/t7-,8+,12-,13+. The highest BCUT2D eigenvalue weighted by molar-refractivity contribution is 6.23. The Morgan fingerprint density at radius 3 is 2.23 bits per heavy atom. The normalized spacial score (nSPS) is 31.9. The van der Waals surface area contributed by atoms with Gasteiger partial charge >= 0.3 is 0 Å². The molecule has 0 N–H and O–H groups in total. The minimum absolute atomic E-state index is 0.0326. The molecule has 1 aliphatic heterocycles. The molecule has 22 heavy (non-hydrogen) atoms. The Hall–Kier alpha value is -2.70. The summed E-state index contributed by atoms with van der Waals surface area (Å²) < 4.78 is 0. The summed E-state index contributed by atoms with van der Waals surface area (Å²) in [6.07, 6.45) is 4.69. The first-order valence-electron chi connectivity index (χ1n) is 7.00. The van der Waals surface area contributed by atoms with Crippen molar-refractivity contribution in [3.63, 3.8) is 0 Å².